The smallest absolute Gasteiger partial charge is 0.273 e. The Morgan fingerprint density at radius 2 is 1.89 bits per heavy atom. The number of furan rings is 1. The van der Waals surface area contributed by atoms with E-state index in [0.29, 0.717) is 35.5 Å². The Hall–Kier alpha value is -4.06. The quantitative estimate of drug-likeness (QED) is 0.341. The molecule has 2 aromatic heterocycles. The summed E-state index contributed by atoms with van der Waals surface area (Å²) in [5.41, 5.74) is 11.3. The zero-order chi connectivity index (χ0) is 27.3. The van der Waals surface area contributed by atoms with E-state index in [1.54, 1.807) is 37.3 Å². The van der Waals surface area contributed by atoms with Crippen LogP contribution in [0, 0.1) is 12.8 Å². The van der Waals surface area contributed by atoms with Crippen LogP contribution < -0.4 is 31.2 Å². The van der Waals surface area contributed by atoms with E-state index in [9.17, 15) is 14.4 Å². The van der Waals surface area contributed by atoms with Crippen molar-refractivity contribution in [2.24, 2.45) is 11.7 Å². The van der Waals surface area contributed by atoms with Crippen LogP contribution >= 0.6 is 11.5 Å². The van der Waals surface area contributed by atoms with Gasteiger partial charge in [-0.05, 0) is 55.1 Å². The third kappa shape index (κ3) is 6.02. The van der Waals surface area contributed by atoms with Gasteiger partial charge in [-0.3, -0.25) is 19.3 Å². The highest BCUT2D eigenvalue weighted by Crippen LogP contribution is 2.40. The molecular formula is C25H31N5O6S. The third-order valence-electron chi connectivity index (χ3n) is 5.58. The third-order valence-corrected chi connectivity index (χ3v) is 6.43. The van der Waals surface area contributed by atoms with Crippen LogP contribution in [0.5, 0.6) is 11.5 Å². The van der Waals surface area contributed by atoms with Crippen LogP contribution in [-0.2, 0) is 4.79 Å². The lowest BCUT2D eigenvalue weighted by Gasteiger charge is -2.31. The number of methoxy groups -OCH3 is 2. The Bertz CT molecular complexity index is 1280. The molecule has 2 heterocycles. The first-order chi connectivity index (χ1) is 17.6. The minimum atomic E-state index is -1.26. The van der Waals surface area contributed by atoms with E-state index in [4.69, 9.17) is 25.4 Å². The van der Waals surface area contributed by atoms with Gasteiger partial charge >= 0.3 is 0 Å². The fourth-order valence-corrected chi connectivity index (χ4v) is 4.39. The zero-order valence-electron chi connectivity index (χ0n) is 21.4. The molecule has 0 aliphatic carbocycles. The maximum Gasteiger partial charge on any atom is 0.273 e. The van der Waals surface area contributed by atoms with Crippen molar-refractivity contribution < 1.29 is 28.3 Å². The SMILES string of the molecule is COc1ccc(OC)c(N(C(=O)c2snc(C(N)=O)c2N)[C@H](C(=O)NCCC(C)C)c2ccc(C)o2)c1. The van der Waals surface area contributed by atoms with E-state index >= 15 is 0 Å². The van der Waals surface area contributed by atoms with Crippen molar-refractivity contribution in [3.8, 4) is 11.5 Å². The summed E-state index contributed by atoms with van der Waals surface area (Å²) in [4.78, 5) is 40.7. The molecule has 0 saturated carbocycles. The van der Waals surface area contributed by atoms with Gasteiger partial charge in [0.15, 0.2) is 11.7 Å². The van der Waals surface area contributed by atoms with Crippen LogP contribution in [0.4, 0.5) is 11.4 Å². The second kappa shape index (κ2) is 11.8. The molecule has 37 heavy (non-hydrogen) atoms. The Morgan fingerprint density at radius 3 is 2.43 bits per heavy atom. The van der Waals surface area contributed by atoms with Gasteiger partial charge in [0, 0.05) is 12.6 Å². The number of hydrogen-bond acceptors (Lipinski definition) is 9. The van der Waals surface area contributed by atoms with Gasteiger partial charge in [-0.25, -0.2) is 0 Å². The molecule has 0 aliphatic rings. The van der Waals surface area contributed by atoms with Crippen LogP contribution in [0.15, 0.2) is 34.7 Å². The highest BCUT2D eigenvalue weighted by atomic mass is 32.1. The van der Waals surface area contributed by atoms with Gasteiger partial charge in [0.05, 0.1) is 25.6 Å². The molecule has 0 saturated heterocycles. The Labute approximate surface area is 218 Å². The highest BCUT2D eigenvalue weighted by molar-refractivity contribution is 7.09. The van der Waals surface area contributed by atoms with E-state index in [1.165, 1.54) is 19.1 Å². The number of anilines is 2. The zero-order valence-corrected chi connectivity index (χ0v) is 22.2. The largest absolute Gasteiger partial charge is 0.497 e. The number of aromatic nitrogens is 1. The summed E-state index contributed by atoms with van der Waals surface area (Å²) in [6, 6.07) is 6.90. The van der Waals surface area contributed by atoms with Gasteiger partial charge in [0.25, 0.3) is 17.7 Å². The molecule has 1 atom stereocenters. The van der Waals surface area contributed by atoms with Gasteiger partial charge in [-0.1, -0.05) is 13.8 Å². The Kier molecular flexibility index (Phi) is 8.77. The standard InChI is InChI=1S/C25H31N5O6S/c1-13(2)10-11-28-24(32)21(18-8-6-14(3)36-18)30(16-12-15(34-4)7-9-17(16)35-5)25(33)22-19(26)20(23(27)31)29-37-22/h6-9,12-13,21H,10-11,26H2,1-5H3,(H2,27,31)(H,28,32)/t21-/m0/s1. The second-order valence-electron chi connectivity index (χ2n) is 8.68. The average Bonchev–Trinajstić information content (AvgIpc) is 3.46. The maximum atomic E-state index is 14.1. The van der Waals surface area contributed by atoms with E-state index in [-0.39, 0.29) is 33.5 Å². The highest BCUT2D eigenvalue weighted by Gasteiger charge is 2.39. The topological polar surface area (TPSA) is 163 Å². The molecule has 12 heteroatoms. The van der Waals surface area contributed by atoms with Gasteiger partial charge in [-0.15, -0.1) is 0 Å². The molecule has 1 aromatic carbocycles. The number of primary amides is 1. The number of nitrogens with zero attached hydrogens (tertiary/aromatic N) is 2. The summed E-state index contributed by atoms with van der Waals surface area (Å²) >= 11 is 0.709. The van der Waals surface area contributed by atoms with E-state index in [2.05, 4.69) is 9.69 Å². The number of nitrogen functional groups attached to an aromatic ring is 1. The number of carbonyl (C=O) groups is 3. The monoisotopic (exact) mass is 529 g/mol. The number of ether oxygens (including phenoxy) is 2. The molecule has 3 amide bonds. The molecular weight excluding hydrogens is 498 g/mol. The summed E-state index contributed by atoms with van der Waals surface area (Å²) < 4.78 is 20.7. The molecule has 0 aliphatic heterocycles. The molecule has 5 N–H and O–H groups in total. The van der Waals surface area contributed by atoms with Crippen molar-refractivity contribution >= 4 is 40.6 Å². The normalized spacial score (nSPS) is 11.7. The predicted octanol–water partition coefficient (Wildman–Crippen LogP) is 3.29. The van der Waals surface area contributed by atoms with E-state index < -0.39 is 23.8 Å². The van der Waals surface area contributed by atoms with Crippen LogP contribution in [-0.4, -0.2) is 42.9 Å². The fraction of sp³-hybridized carbons (Fsp3) is 0.360. The van der Waals surface area contributed by atoms with Crippen molar-refractivity contribution in [1.82, 2.24) is 9.69 Å². The molecule has 0 fully saturated rings. The first-order valence-electron chi connectivity index (χ1n) is 11.5. The van der Waals surface area contributed by atoms with Gasteiger partial charge in [0.1, 0.15) is 27.9 Å². The molecule has 0 bridgehead atoms. The molecule has 3 rings (SSSR count). The van der Waals surface area contributed by atoms with Crippen molar-refractivity contribution in [1.29, 1.82) is 0 Å². The Morgan fingerprint density at radius 1 is 1.16 bits per heavy atom. The average molecular weight is 530 g/mol. The minimum Gasteiger partial charge on any atom is -0.497 e. The lowest BCUT2D eigenvalue weighted by molar-refractivity contribution is -0.122. The lowest BCUT2D eigenvalue weighted by atomic mass is 10.1. The van der Waals surface area contributed by atoms with Crippen molar-refractivity contribution in [2.75, 3.05) is 31.4 Å². The summed E-state index contributed by atoms with van der Waals surface area (Å²) in [5.74, 6) is -0.232. The first-order valence-corrected chi connectivity index (χ1v) is 12.3. The first kappa shape index (κ1) is 27.5. The summed E-state index contributed by atoms with van der Waals surface area (Å²) in [6.07, 6.45) is 0.732. The lowest BCUT2D eigenvalue weighted by Crippen LogP contribution is -2.44. The fourth-order valence-electron chi connectivity index (χ4n) is 3.64. The molecule has 0 radical (unpaired) electrons. The van der Waals surface area contributed by atoms with Crippen LogP contribution in [0.2, 0.25) is 0 Å². The molecule has 0 unspecified atom stereocenters. The van der Waals surface area contributed by atoms with Gasteiger partial charge in [-0.2, -0.15) is 4.37 Å². The number of rotatable bonds is 11. The summed E-state index contributed by atoms with van der Waals surface area (Å²) in [6.45, 7) is 6.20. The van der Waals surface area contributed by atoms with Gasteiger partial charge in [0.2, 0.25) is 0 Å². The molecule has 0 spiro atoms. The second-order valence-corrected chi connectivity index (χ2v) is 9.45. The number of aryl methyl sites for hydroxylation is 1. The Balaban J connectivity index is 2.24. The number of carbonyl (C=O) groups excluding carboxylic acids is 3. The van der Waals surface area contributed by atoms with Crippen LogP contribution in [0.1, 0.15) is 58.0 Å². The van der Waals surface area contributed by atoms with Crippen molar-refractivity contribution in [3.63, 3.8) is 0 Å². The van der Waals surface area contributed by atoms with Crippen LogP contribution in [0.3, 0.4) is 0 Å². The van der Waals surface area contributed by atoms with Gasteiger partial charge < -0.3 is 30.7 Å². The van der Waals surface area contributed by atoms with Crippen molar-refractivity contribution in [2.45, 2.75) is 33.2 Å². The predicted molar refractivity (Wildman–Crippen MR) is 140 cm³/mol. The molecule has 3 aromatic rings. The summed E-state index contributed by atoms with van der Waals surface area (Å²) in [5, 5.41) is 2.90. The number of benzene rings is 1. The number of nitrogens with two attached hydrogens (primary N) is 2. The van der Waals surface area contributed by atoms with Crippen molar-refractivity contribution in [3.05, 3.63) is 52.4 Å². The minimum absolute atomic E-state index is 0.0677. The van der Waals surface area contributed by atoms with E-state index in [1.807, 2.05) is 13.8 Å². The van der Waals surface area contributed by atoms with Crippen LogP contribution in [0.25, 0.3) is 0 Å². The summed E-state index contributed by atoms with van der Waals surface area (Å²) in [7, 11) is 2.92. The maximum absolute atomic E-state index is 14.1. The van der Waals surface area contributed by atoms with E-state index in [0.717, 1.165) is 6.42 Å². The number of amides is 3. The number of hydrogen-bond donors (Lipinski definition) is 3. The molecule has 11 nitrogen and oxygen atoms in total. The number of nitrogens with one attached hydrogen (secondary N) is 1. The molecule has 198 valence electrons.